The van der Waals surface area contributed by atoms with E-state index >= 15 is 0 Å². The summed E-state index contributed by atoms with van der Waals surface area (Å²) in [5.74, 6) is 2.06. The minimum atomic E-state index is -0.359. The van der Waals surface area contributed by atoms with Crippen LogP contribution in [0.2, 0.25) is 0 Å². The SMILES string of the molecule is C#CC1=C[C@@H]2O[C@H]1[C@H]1C(O)=C(c3c(C)cc(C)cc3C)C(=O)[C@H]12. The van der Waals surface area contributed by atoms with Gasteiger partial charge in [0, 0.05) is 5.57 Å². The molecule has 2 aliphatic heterocycles. The molecule has 0 amide bonds. The molecule has 2 bridgehead atoms. The topological polar surface area (TPSA) is 46.5 Å². The van der Waals surface area contributed by atoms with Gasteiger partial charge in [-0.15, -0.1) is 6.42 Å². The monoisotopic (exact) mass is 306 g/mol. The van der Waals surface area contributed by atoms with E-state index in [0.717, 1.165) is 27.8 Å². The number of carbonyl (C=O) groups excluding carboxylic acids is 1. The average molecular weight is 306 g/mol. The van der Waals surface area contributed by atoms with Crippen molar-refractivity contribution in [3.05, 3.63) is 51.8 Å². The molecule has 1 aliphatic carbocycles. The number of carbonyl (C=O) groups is 1. The van der Waals surface area contributed by atoms with Crippen LogP contribution in [0.1, 0.15) is 22.3 Å². The zero-order valence-corrected chi connectivity index (χ0v) is 13.4. The lowest BCUT2D eigenvalue weighted by Gasteiger charge is -2.18. The Morgan fingerprint density at radius 1 is 1.17 bits per heavy atom. The molecule has 23 heavy (non-hydrogen) atoms. The van der Waals surface area contributed by atoms with E-state index in [1.54, 1.807) is 0 Å². The summed E-state index contributed by atoms with van der Waals surface area (Å²) in [4.78, 5) is 13.0. The first-order valence-electron chi connectivity index (χ1n) is 7.83. The summed E-state index contributed by atoms with van der Waals surface area (Å²) in [6, 6.07) is 4.08. The number of fused-ring (bicyclic) bond motifs is 5. The van der Waals surface area contributed by atoms with Crippen LogP contribution in [0.15, 0.2) is 29.5 Å². The molecule has 2 heterocycles. The predicted molar refractivity (Wildman–Crippen MR) is 87.8 cm³/mol. The van der Waals surface area contributed by atoms with Crippen LogP contribution in [0, 0.1) is 45.0 Å². The lowest BCUT2D eigenvalue weighted by molar-refractivity contribution is -0.118. The Labute approximate surface area is 135 Å². The zero-order chi connectivity index (χ0) is 16.5. The number of hydrogen-bond donors (Lipinski definition) is 1. The summed E-state index contributed by atoms with van der Waals surface area (Å²) in [5.41, 5.74) is 5.23. The molecule has 0 spiro atoms. The van der Waals surface area contributed by atoms with E-state index < -0.39 is 0 Å². The maximum atomic E-state index is 13.0. The summed E-state index contributed by atoms with van der Waals surface area (Å²) < 4.78 is 5.80. The third-order valence-corrected chi connectivity index (χ3v) is 5.24. The van der Waals surface area contributed by atoms with E-state index in [0.29, 0.717) is 5.57 Å². The summed E-state index contributed by atoms with van der Waals surface area (Å²) in [6.45, 7) is 5.99. The fourth-order valence-electron chi connectivity index (χ4n) is 4.45. The van der Waals surface area contributed by atoms with Crippen LogP contribution in [0.5, 0.6) is 0 Å². The van der Waals surface area contributed by atoms with Crippen molar-refractivity contribution < 1.29 is 14.6 Å². The largest absolute Gasteiger partial charge is 0.511 e. The van der Waals surface area contributed by atoms with E-state index in [4.69, 9.17) is 11.2 Å². The number of terminal acetylenes is 1. The number of rotatable bonds is 1. The van der Waals surface area contributed by atoms with E-state index in [2.05, 4.69) is 5.92 Å². The molecule has 0 radical (unpaired) electrons. The molecule has 1 saturated heterocycles. The number of hydrogen-bond acceptors (Lipinski definition) is 3. The van der Waals surface area contributed by atoms with Crippen molar-refractivity contribution in [2.75, 3.05) is 0 Å². The molecule has 1 aromatic rings. The van der Waals surface area contributed by atoms with Crippen molar-refractivity contribution in [2.45, 2.75) is 33.0 Å². The fourth-order valence-corrected chi connectivity index (χ4v) is 4.45. The maximum absolute atomic E-state index is 13.0. The van der Waals surface area contributed by atoms with Gasteiger partial charge in [-0.3, -0.25) is 4.79 Å². The van der Waals surface area contributed by atoms with E-state index in [1.807, 2.05) is 39.0 Å². The van der Waals surface area contributed by atoms with Gasteiger partial charge in [0.15, 0.2) is 5.78 Å². The third-order valence-electron chi connectivity index (χ3n) is 5.24. The van der Waals surface area contributed by atoms with Crippen molar-refractivity contribution in [2.24, 2.45) is 11.8 Å². The standard InChI is InChI=1S/C20H18O3/c1-5-12-8-13-15-17(20(12)23-13)19(22)16(18(15)21)14-10(3)6-9(2)7-11(14)4/h1,6-8,13,15,17,20,22H,2-4H3/t13-,15-,17+,20+/m0/s1. The number of allylic oxidation sites excluding steroid dienone is 1. The highest BCUT2D eigenvalue weighted by Gasteiger charge is 2.59. The number of ether oxygens (including phenoxy) is 1. The second-order valence-corrected chi connectivity index (χ2v) is 6.74. The maximum Gasteiger partial charge on any atom is 0.173 e. The highest BCUT2D eigenvalue weighted by molar-refractivity contribution is 6.26. The lowest BCUT2D eigenvalue weighted by atomic mass is 9.80. The molecule has 1 aromatic carbocycles. The number of aliphatic hydroxyl groups is 1. The van der Waals surface area contributed by atoms with Gasteiger partial charge in [-0.2, -0.15) is 0 Å². The number of aryl methyl sites for hydroxylation is 3. The van der Waals surface area contributed by atoms with Crippen molar-refractivity contribution in [3.63, 3.8) is 0 Å². The Bertz CT molecular complexity index is 827. The molecular weight excluding hydrogens is 288 g/mol. The molecule has 4 atom stereocenters. The molecule has 0 unspecified atom stereocenters. The second kappa shape index (κ2) is 4.59. The molecule has 3 nitrogen and oxygen atoms in total. The van der Waals surface area contributed by atoms with Crippen LogP contribution in [-0.4, -0.2) is 23.1 Å². The summed E-state index contributed by atoms with van der Waals surface area (Å²) in [5, 5.41) is 10.8. The minimum absolute atomic E-state index is 0.0256. The second-order valence-electron chi connectivity index (χ2n) is 6.74. The molecule has 3 aliphatic rings. The molecule has 1 N–H and O–H groups in total. The van der Waals surface area contributed by atoms with Crippen molar-refractivity contribution >= 4 is 11.4 Å². The molecule has 0 aromatic heterocycles. The molecule has 1 fully saturated rings. The lowest BCUT2D eigenvalue weighted by Crippen LogP contribution is -2.28. The zero-order valence-electron chi connectivity index (χ0n) is 13.4. The average Bonchev–Trinajstić information content (AvgIpc) is 3.12. The van der Waals surface area contributed by atoms with Gasteiger partial charge in [0.1, 0.15) is 11.9 Å². The molecule has 4 rings (SSSR count). The van der Waals surface area contributed by atoms with Gasteiger partial charge in [-0.1, -0.05) is 23.6 Å². The number of benzene rings is 1. The number of ketones is 1. The molecule has 3 heteroatoms. The quantitative estimate of drug-likeness (QED) is 0.811. The van der Waals surface area contributed by atoms with Gasteiger partial charge >= 0.3 is 0 Å². The van der Waals surface area contributed by atoms with Gasteiger partial charge in [0.05, 0.1) is 23.5 Å². The third kappa shape index (κ3) is 1.73. The smallest absolute Gasteiger partial charge is 0.173 e. The Balaban J connectivity index is 1.87. The minimum Gasteiger partial charge on any atom is -0.511 e. The van der Waals surface area contributed by atoms with Gasteiger partial charge in [-0.05, 0) is 43.5 Å². The van der Waals surface area contributed by atoms with Crippen LogP contribution < -0.4 is 0 Å². The van der Waals surface area contributed by atoms with Crippen LogP contribution in [0.3, 0.4) is 0 Å². The number of aliphatic hydroxyl groups excluding tert-OH is 1. The van der Waals surface area contributed by atoms with Crippen molar-refractivity contribution in [3.8, 4) is 12.3 Å². The number of Topliss-reactive ketones (excluding diaryl/α,β-unsaturated/α-hetero) is 1. The first-order valence-corrected chi connectivity index (χ1v) is 7.83. The van der Waals surface area contributed by atoms with Crippen LogP contribution in [-0.2, 0) is 9.53 Å². The highest BCUT2D eigenvalue weighted by Crippen LogP contribution is 2.53. The van der Waals surface area contributed by atoms with E-state index in [1.165, 1.54) is 0 Å². The van der Waals surface area contributed by atoms with E-state index in [-0.39, 0.29) is 35.6 Å². The van der Waals surface area contributed by atoms with Gasteiger partial charge in [0.25, 0.3) is 0 Å². The van der Waals surface area contributed by atoms with Gasteiger partial charge in [-0.25, -0.2) is 0 Å². The highest BCUT2D eigenvalue weighted by atomic mass is 16.5. The van der Waals surface area contributed by atoms with Crippen LogP contribution in [0.25, 0.3) is 5.57 Å². The first-order chi connectivity index (χ1) is 10.9. The Hall–Kier alpha value is -2.31. The van der Waals surface area contributed by atoms with Crippen molar-refractivity contribution in [1.29, 1.82) is 0 Å². The predicted octanol–water partition coefficient (Wildman–Crippen LogP) is 3.04. The van der Waals surface area contributed by atoms with Crippen LogP contribution >= 0.6 is 0 Å². The van der Waals surface area contributed by atoms with Gasteiger partial charge < -0.3 is 9.84 Å². The molecule has 116 valence electrons. The normalized spacial score (nSPS) is 31.4. The molecule has 0 saturated carbocycles. The summed E-state index contributed by atoms with van der Waals surface area (Å²) >= 11 is 0. The Morgan fingerprint density at radius 2 is 1.83 bits per heavy atom. The first kappa shape index (κ1) is 14.3. The molecular formula is C20H18O3. The summed E-state index contributed by atoms with van der Waals surface area (Å²) in [7, 11) is 0. The summed E-state index contributed by atoms with van der Waals surface area (Å²) in [6.07, 6.45) is 6.70. The van der Waals surface area contributed by atoms with Crippen LogP contribution in [0.4, 0.5) is 0 Å². The fraction of sp³-hybridized carbons (Fsp3) is 0.350. The Morgan fingerprint density at radius 3 is 2.43 bits per heavy atom. The van der Waals surface area contributed by atoms with Gasteiger partial charge in [0.2, 0.25) is 0 Å². The van der Waals surface area contributed by atoms with E-state index in [9.17, 15) is 9.90 Å². The van der Waals surface area contributed by atoms with Crippen molar-refractivity contribution in [1.82, 2.24) is 0 Å². The Kier molecular flexibility index (Phi) is 2.86.